The molecule has 0 bridgehead atoms. The second-order valence-electron chi connectivity index (χ2n) is 3.30. The van der Waals surface area contributed by atoms with E-state index in [0.717, 1.165) is 17.1 Å². The van der Waals surface area contributed by atoms with E-state index >= 15 is 0 Å². The molecule has 0 atom stereocenters. The lowest BCUT2D eigenvalue weighted by molar-refractivity contribution is 0.180. The van der Waals surface area contributed by atoms with Gasteiger partial charge in [0.25, 0.3) is 3.79 Å². The molecule has 0 spiro atoms. The third kappa shape index (κ3) is 3.96. The number of nitrogens with one attached hydrogen (secondary N) is 1. The molecule has 8 heteroatoms. The maximum Gasteiger partial charge on any atom is 0.251 e. The van der Waals surface area contributed by atoms with Crippen LogP contribution in [0.25, 0.3) is 0 Å². The average molecular weight is 325 g/mol. The molecule has 1 N–H and O–H groups in total. The molecule has 0 aliphatic carbocycles. The molecule has 1 heterocycles. The van der Waals surface area contributed by atoms with Gasteiger partial charge in [-0.15, -0.1) is 0 Å². The summed E-state index contributed by atoms with van der Waals surface area (Å²) in [5, 5.41) is 0.437. The van der Waals surface area contributed by atoms with Crippen molar-refractivity contribution in [3.8, 4) is 0 Å². The third-order valence-corrected chi connectivity index (χ3v) is 3.04. The van der Waals surface area contributed by atoms with Crippen LogP contribution in [0.2, 0.25) is 0 Å². The highest BCUT2D eigenvalue weighted by Gasteiger charge is 2.28. The zero-order chi connectivity index (χ0) is 13.0. The van der Waals surface area contributed by atoms with E-state index in [-0.39, 0.29) is 5.82 Å². The van der Waals surface area contributed by atoms with Gasteiger partial charge in [0, 0.05) is 11.5 Å². The minimum Gasteiger partial charge on any atom is -0.269 e. The smallest absolute Gasteiger partial charge is 0.251 e. The minimum absolute atomic E-state index is 0.128. The summed E-state index contributed by atoms with van der Waals surface area (Å²) in [6, 6.07) is 9.72. The lowest BCUT2D eigenvalue weighted by atomic mass is 10.2. The molecule has 0 unspecified atom stereocenters. The lowest BCUT2D eigenvalue weighted by Crippen LogP contribution is -2.04. The maximum atomic E-state index is 5.65. The Morgan fingerprint density at radius 3 is 2.56 bits per heavy atom. The summed E-state index contributed by atoms with van der Waals surface area (Å²) >= 11 is 18.0. The number of halogens is 3. The summed E-state index contributed by atoms with van der Waals surface area (Å²) in [5.74, 6) is 0.128. The van der Waals surface area contributed by atoms with Crippen LogP contribution in [0.1, 0.15) is 11.4 Å². The van der Waals surface area contributed by atoms with Gasteiger partial charge < -0.3 is 0 Å². The first-order valence-electron chi connectivity index (χ1n) is 4.88. The Labute approximate surface area is 123 Å². The molecule has 0 saturated heterocycles. The Balaban J connectivity index is 1.86. The fourth-order valence-electron chi connectivity index (χ4n) is 1.14. The second kappa shape index (κ2) is 6.04. The van der Waals surface area contributed by atoms with Crippen molar-refractivity contribution in [2.75, 3.05) is 5.48 Å². The molecule has 0 radical (unpaired) electrons. The Morgan fingerprint density at radius 1 is 1.22 bits per heavy atom. The first-order valence-corrected chi connectivity index (χ1v) is 6.79. The van der Waals surface area contributed by atoms with E-state index in [9.17, 15) is 0 Å². The van der Waals surface area contributed by atoms with E-state index in [2.05, 4.69) is 14.8 Å². The van der Waals surface area contributed by atoms with Crippen LogP contribution in [0.3, 0.4) is 0 Å². The van der Waals surface area contributed by atoms with Gasteiger partial charge in [-0.05, 0) is 5.56 Å². The number of anilines is 1. The highest BCUT2D eigenvalue weighted by atomic mass is 35.6. The number of rotatable bonds is 4. The van der Waals surface area contributed by atoms with E-state index in [0.29, 0.717) is 11.7 Å². The Hall–Kier alpha value is -0.590. The topological polar surface area (TPSA) is 47.0 Å². The van der Waals surface area contributed by atoms with E-state index in [1.54, 1.807) is 0 Å². The van der Waals surface area contributed by atoms with E-state index in [1.165, 1.54) is 0 Å². The average Bonchev–Trinajstić information content (AvgIpc) is 2.79. The van der Waals surface area contributed by atoms with E-state index < -0.39 is 3.79 Å². The van der Waals surface area contributed by atoms with Crippen LogP contribution in [0.5, 0.6) is 0 Å². The first-order chi connectivity index (χ1) is 8.55. The fourth-order valence-corrected chi connectivity index (χ4v) is 2.11. The molecule has 0 saturated carbocycles. The van der Waals surface area contributed by atoms with Gasteiger partial charge >= 0.3 is 0 Å². The number of hydrogen-bond acceptors (Lipinski definition) is 5. The van der Waals surface area contributed by atoms with Crippen LogP contribution >= 0.6 is 46.3 Å². The zero-order valence-electron chi connectivity index (χ0n) is 8.94. The summed E-state index contributed by atoms with van der Waals surface area (Å²) in [6.45, 7) is 0.406. The Kier molecular flexibility index (Phi) is 4.64. The van der Waals surface area contributed by atoms with Gasteiger partial charge in [0.1, 0.15) is 0 Å². The van der Waals surface area contributed by atoms with Crippen molar-refractivity contribution >= 4 is 51.5 Å². The van der Waals surface area contributed by atoms with Crippen LogP contribution in [0.4, 0.5) is 5.13 Å². The Bertz CT molecular complexity index is 501. The quantitative estimate of drug-likeness (QED) is 0.684. The third-order valence-electron chi connectivity index (χ3n) is 1.92. The van der Waals surface area contributed by atoms with Crippen molar-refractivity contribution < 1.29 is 4.84 Å². The van der Waals surface area contributed by atoms with Crippen LogP contribution < -0.4 is 5.48 Å². The van der Waals surface area contributed by atoms with Crippen LogP contribution in [0, 0.1) is 0 Å². The van der Waals surface area contributed by atoms with Gasteiger partial charge in [-0.2, -0.15) is 9.36 Å². The summed E-state index contributed by atoms with van der Waals surface area (Å²) in [4.78, 5) is 9.25. The molecule has 0 aliphatic heterocycles. The second-order valence-corrected chi connectivity index (χ2v) is 6.33. The largest absolute Gasteiger partial charge is 0.269 e. The van der Waals surface area contributed by atoms with Gasteiger partial charge in [0.2, 0.25) is 5.13 Å². The predicted molar refractivity (Wildman–Crippen MR) is 74.0 cm³/mol. The normalized spacial score (nSPS) is 11.5. The standard InChI is InChI=1S/C10H8Cl3N3OS/c11-10(12,13)8-14-9(18-16-8)15-17-6-7-4-2-1-3-5-7/h1-5H,6H2,(H,14,15,16). The van der Waals surface area contributed by atoms with Crippen molar-refractivity contribution in [2.45, 2.75) is 10.4 Å². The number of benzene rings is 1. The van der Waals surface area contributed by atoms with Gasteiger partial charge in [-0.1, -0.05) is 65.1 Å². The first kappa shape index (κ1) is 13.8. The molecule has 1 aromatic heterocycles. The van der Waals surface area contributed by atoms with Crippen LogP contribution in [0.15, 0.2) is 30.3 Å². The molecular formula is C10H8Cl3N3OS. The van der Waals surface area contributed by atoms with Gasteiger partial charge in [0.15, 0.2) is 5.82 Å². The molecular weight excluding hydrogens is 317 g/mol. The fraction of sp³-hybridized carbons (Fsp3) is 0.200. The number of alkyl halides is 3. The van der Waals surface area contributed by atoms with Crippen molar-refractivity contribution in [1.82, 2.24) is 9.36 Å². The number of nitrogens with zero attached hydrogens (tertiary/aromatic N) is 2. The summed E-state index contributed by atoms with van der Waals surface area (Å²) in [7, 11) is 0. The minimum atomic E-state index is -1.62. The molecule has 2 rings (SSSR count). The Morgan fingerprint density at radius 2 is 1.94 bits per heavy atom. The zero-order valence-corrected chi connectivity index (χ0v) is 12.0. The molecule has 4 nitrogen and oxygen atoms in total. The van der Waals surface area contributed by atoms with Gasteiger partial charge in [-0.3, -0.25) is 4.84 Å². The number of hydrogen-bond donors (Lipinski definition) is 1. The van der Waals surface area contributed by atoms with Gasteiger partial charge in [0.05, 0.1) is 6.61 Å². The molecule has 18 heavy (non-hydrogen) atoms. The molecule has 0 amide bonds. The van der Waals surface area contributed by atoms with Crippen molar-refractivity contribution in [3.63, 3.8) is 0 Å². The predicted octanol–water partition coefficient (Wildman–Crippen LogP) is 3.91. The van der Waals surface area contributed by atoms with E-state index in [4.69, 9.17) is 39.6 Å². The van der Waals surface area contributed by atoms with E-state index in [1.807, 2.05) is 30.3 Å². The number of aromatic nitrogens is 2. The molecule has 0 fully saturated rings. The molecule has 0 aliphatic rings. The van der Waals surface area contributed by atoms with Gasteiger partial charge in [-0.25, -0.2) is 5.48 Å². The summed E-state index contributed by atoms with van der Waals surface area (Å²) in [6.07, 6.45) is 0. The lowest BCUT2D eigenvalue weighted by Gasteiger charge is -2.04. The summed E-state index contributed by atoms with van der Waals surface area (Å²) < 4.78 is 2.29. The highest BCUT2D eigenvalue weighted by Crippen LogP contribution is 2.37. The maximum absolute atomic E-state index is 5.65. The monoisotopic (exact) mass is 323 g/mol. The highest BCUT2D eigenvalue weighted by molar-refractivity contribution is 7.09. The van der Waals surface area contributed by atoms with Crippen LogP contribution in [-0.4, -0.2) is 9.36 Å². The molecule has 2 aromatic rings. The van der Waals surface area contributed by atoms with Crippen molar-refractivity contribution in [3.05, 3.63) is 41.7 Å². The van der Waals surface area contributed by atoms with Crippen molar-refractivity contribution in [1.29, 1.82) is 0 Å². The van der Waals surface area contributed by atoms with Crippen LogP contribution in [-0.2, 0) is 15.2 Å². The molecule has 1 aromatic carbocycles. The summed E-state index contributed by atoms with van der Waals surface area (Å²) in [5.41, 5.74) is 3.69. The molecule has 96 valence electrons. The van der Waals surface area contributed by atoms with Crippen molar-refractivity contribution in [2.24, 2.45) is 0 Å². The SMILES string of the molecule is ClC(Cl)(Cl)c1nsc(NOCc2ccccc2)n1.